The minimum absolute atomic E-state index is 0.00420. The zero-order valence-corrected chi connectivity index (χ0v) is 23.5. The van der Waals surface area contributed by atoms with Crippen LogP contribution in [0.2, 0.25) is 0 Å². The third kappa shape index (κ3) is 5.58. The number of unbranched alkanes of at least 4 members (excludes halogenated alkanes) is 3. The quantitative estimate of drug-likeness (QED) is 0.385. The van der Waals surface area contributed by atoms with Crippen LogP contribution in [0.4, 0.5) is 5.69 Å². The molecular formula is C27H39N5O2S2. The van der Waals surface area contributed by atoms with Gasteiger partial charge in [0.2, 0.25) is 0 Å². The van der Waals surface area contributed by atoms with Gasteiger partial charge < -0.3 is 15.1 Å². The number of nitrogens with one attached hydrogen (secondary N) is 1. The molecule has 0 spiro atoms. The summed E-state index contributed by atoms with van der Waals surface area (Å²) in [6.45, 7) is 12.9. The summed E-state index contributed by atoms with van der Waals surface area (Å²) < 4.78 is 0. The van der Waals surface area contributed by atoms with Crippen LogP contribution in [-0.2, 0) is 11.2 Å². The molecule has 1 aliphatic carbocycles. The molecule has 0 bridgehead atoms. The van der Waals surface area contributed by atoms with Gasteiger partial charge in [-0.1, -0.05) is 12.8 Å². The van der Waals surface area contributed by atoms with Crippen LogP contribution < -0.4 is 10.2 Å². The SMILES string of the molecule is CCNC(=S)N1CCN(CCCCCCN2C(=S)N(c3ccc4c(c3)CCC4=O)C(=O)C2(C)C)CC1. The number of hydrogen-bond donors (Lipinski definition) is 1. The average molecular weight is 530 g/mol. The Kier molecular flexibility index (Phi) is 8.63. The van der Waals surface area contributed by atoms with Crippen molar-refractivity contribution < 1.29 is 9.59 Å². The highest BCUT2D eigenvalue weighted by Crippen LogP contribution is 2.35. The Hall–Kier alpha value is -2.10. The molecule has 1 aromatic rings. The highest BCUT2D eigenvalue weighted by molar-refractivity contribution is 7.80. The van der Waals surface area contributed by atoms with E-state index in [9.17, 15) is 9.59 Å². The molecule has 1 aromatic carbocycles. The van der Waals surface area contributed by atoms with Crippen LogP contribution in [0.1, 0.15) is 68.8 Å². The smallest absolute Gasteiger partial charge is 0.258 e. The molecule has 0 aromatic heterocycles. The van der Waals surface area contributed by atoms with Gasteiger partial charge in [-0.3, -0.25) is 19.4 Å². The summed E-state index contributed by atoms with van der Waals surface area (Å²) in [5.41, 5.74) is 1.91. The van der Waals surface area contributed by atoms with Crippen molar-refractivity contribution in [3.05, 3.63) is 29.3 Å². The third-order valence-electron chi connectivity index (χ3n) is 7.69. The number of anilines is 1. The Morgan fingerprint density at radius 1 is 1.00 bits per heavy atom. The molecule has 3 aliphatic rings. The monoisotopic (exact) mass is 529 g/mol. The van der Waals surface area contributed by atoms with Crippen molar-refractivity contribution in [2.24, 2.45) is 0 Å². The van der Waals surface area contributed by atoms with Gasteiger partial charge in [0, 0.05) is 51.3 Å². The number of piperazine rings is 1. The molecule has 4 rings (SSSR count). The highest BCUT2D eigenvalue weighted by atomic mass is 32.1. The first-order valence-corrected chi connectivity index (χ1v) is 14.1. The Labute approximate surface area is 226 Å². The number of carbonyl (C=O) groups is 2. The molecule has 1 N–H and O–H groups in total. The number of carbonyl (C=O) groups excluding carboxylic acids is 2. The topological polar surface area (TPSA) is 59.1 Å². The number of aryl methyl sites for hydroxylation is 1. The molecular weight excluding hydrogens is 490 g/mol. The Morgan fingerprint density at radius 2 is 1.69 bits per heavy atom. The molecule has 1 amide bonds. The summed E-state index contributed by atoms with van der Waals surface area (Å²) >= 11 is 11.2. The molecule has 2 saturated heterocycles. The van der Waals surface area contributed by atoms with Crippen LogP contribution in [-0.4, -0.2) is 88.0 Å². The van der Waals surface area contributed by atoms with Crippen molar-refractivity contribution in [2.45, 2.75) is 64.8 Å². The maximum absolute atomic E-state index is 13.3. The second-order valence-corrected chi connectivity index (χ2v) is 11.2. The summed E-state index contributed by atoms with van der Waals surface area (Å²) in [5.74, 6) is 0.189. The number of thiocarbonyl (C=S) groups is 2. The van der Waals surface area contributed by atoms with Crippen molar-refractivity contribution >= 4 is 52.0 Å². The second kappa shape index (κ2) is 11.5. The summed E-state index contributed by atoms with van der Waals surface area (Å²) in [5, 5.41) is 4.69. The average Bonchev–Trinajstić information content (AvgIpc) is 3.30. The first-order valence-electron chi connectivity index (χ1n) is 13.3. The summed E-state index contributed by atoms with van der Waals surface area (Å²) in [6.07, 6.45) is 5.78. The molecule has 2 fully saturated rings. The number of rotatable bonds is 9. The Balaban J connectivity index is 1.21. The van der Waals surface area contributed by atoms with Crippen LogP contribution in [0.25, 0.3) is 0 Å². The minimum Gasteiger partial charge on any atom is -0.363 e. The van der Waals surface area contributed by atoms with Crippen molar-refractivity contribution in [2.75, 3.05) is 50.7 Å². The van der Waals surface area contributed by atoms with Gasteiger partial charge in [-0.05, 0) is 94.8 Å². The molecule has 0 radical (unpaired) electrons. The van der Waals surface area contributed by atoms with Crippen molar-refractivity contribution in [1.29, 1.82) is 0 Å². The zero-order valence-electron chi connectivity index (χ0n) is 21.8. The lowest BCUT2D eigenvalue weighted by atomic mass is 10.0. The molecule has 2 aliphatic heterocycles. The molecule has 0 atom stereocenters. The van der Waals surface area contributed by atoms with E-state index >= 15 is 0 Å². The lowest BCUT2D eigenvalue weighted by Gasteiger charge is -2.36. The number of amides is 1. The first-order chi connectivity index (χ1) is 17.2. The van der Waals surface area contributed by atoms with E-state index in [0.717, 1.165) is 87.0 Å². The molecule has 196 valence electrons. The third-order valence-corrected chi connectivity index (χ3v) is 8.49. The molecule has 0 unspecified atom stereocenters. The van der Waals surface area contributed by atoms with Crippen molar-refractivity contribution in [3.8, 4) is 0 Å². The number of hydrogen-bond acceptors (Lipinski definition) is 5. The van der Waals surface area contributed by atoms with Crippen LogP contribution >= 0.6 is 24.4 Å². The zero-order chi connectivity index (χ0) is 25.9. The lowest BCUT2D eigenvalue weighted by Crippen LogP contribution is -2.51. The van der Waals surface area contributed by atoms with Gasteiger partial charge in [0.15, 0.2) is 16.0 Å². The van der Waals surface area contributed by atoms with E-state index in [4.69, 9.17) is 24.4 Å². The van der Waals surface area contributed by atoms with Gasteiger partial charge in [-0.2, -0.15) is 0 Å². The Bertz CT molecular complexity index is 1020. The number of Topliss-reactive ketones (excluding diaryl/α,β-unsaturated/α-hetero) is 1. The van der Waals surface area contributed by atoms with Gasteiger partial charge in [0.05, 0.1) is 5.69 Å². The van der Waals surface area contributed by atoms with Crippen LogP contribution in [0.15, 0.2) is 18.2 Å². The predicted molar refractivity (Wildman–Crippen MR) is 153 cm³/mol. The van der Waals surface area contributed by atoms with Gasteiger partial charge in [-0.15, -0.1) is 0 Å². The highest BCUT2D eigenvalue weighted by Gasteiger charge is 2.49. The van der Waals surface area contributed by atoms with E-state index in [1.165, 1.54) is 12.8 Å². The van der Waals surface area contributed by atoms with Crippen LogP contribution in [0.5, 0.6) is 0 Å². The van der Waals surface area contributed by atoms with E-state index in [-0.39, 0.29) is 11.7 Å². The summed E-state index contributed by atoms with van der Waals surface area (Å²) in [4.78, 5) is 33.9. The van der Waals surface area contributed by atoms with E-state index in [1.54, 1.807) is 4.90 Å². The van der Waals surface area contributed by atoms with E-state index in [0.29, 0.717) is 11.5 Å². The number of ketones is 1. The number of nitrogens with zero attached hydrogens (tertiary/aromatic N) is 4. The maximum atomic E-state index is 13.3. The standard InChI is InChI=1S/C27H39N5O2S2/c1-4-28-25(35)30-17-15-29(16-18-30)13-7-5-6-8-14-31-26(36)32(24(34)27(31,2)3)21-10-11-22-20(19-21)9-12-23(22)33/h10-11,19H,4-9,12-18H2,1-3H3,(H,28,35). The largest absolute Gasteiger partial charge is 0.363 e. The number of fused-ring (bicyclic) bond motifs is 1. The second-order valence-electron chi connectivity index (χ2n) is 10.5. The fourth-order valence-corrected chi connectivity index (χ4v) is 6.25. The molecule has 7 nitrogen and oxygen atoms in total. The predicted octanol–water partition coefficient (Wildman–Crippen LogP) is 3.60. The van der Waals surface area contributed by atoms with Crippen molar-refractivity contribution in [3.63, 3.8) is 0 Å². The molecule has 9 heteroatoms. The van der Waals surface area contributed by atoms with E-state index in [2.05, 4.69) is 26.9 Å². The van der Waals surface area contributed by atoms with Crippen LogP contribution in [0.3, 0.4) is 0 Å². The van der Waals surface area contributed by atoms with Crippen molar-refractivity contribution in [1.82, 2.24) is 20.0 Å². The van der Waals surface area contributed by atoms with Gasteiger partial charge in [-0.25, -0.2) is 0 Å². The lowest BCUT2D eigenvalue weighted by molar-refractivity contribution is -0.123. The van der Waals surface area contributed by atoms with E-state index < -0.39 is 5.54 Å². The Morgan fingerprint density at radius 3 is 2.39 bits per heavy atom. The van der Waals surface area contributed by atoms with Gasteiger partial charge in [0.1, 0.15) is 5.54 Å². The van der Waals surface area contributed by atoms with Gasteiger partial charge >= 0.3 is 0 Å². The maximum Gasteiger partial charge on any atom is 0.258 e. The first kappa shape index (κ1) is 26.9. The summed E-state index contributed by atoms with van der Waals surface area (Å²) in [7, 11) is 0. The number of benzene rings is 1. The molecule has 0 saturated carbocycles. The van der Waals surface area contributed by atoms with Crippen LogP contribution in [0, 0.1) is 0 Å². The van der Waals surface area contributed by atoms with E-state index in [1.807, 2.05) is 32.0 Å². The fourth-order valence-electron chi connectivity index (χ4n) is 5.42. The fraction of sp³-hybridized carbons (Fsp3) is 0.630. The van der Waals surface area contributed by atoms with Gasteiger partial charge in [0.25, 0.3) is 5.91 Å². The summed E-state index contributed by atoms with van der Waals surface area (Å²) in [6, 6.07) is 5.68. The molecule has 36 heavy (non-hydrogen) atoms. The normalized spacial score (nSPS) is 19.9. The molecule has 2 heterocycles. The minimum atomic E-state index is -0.668.